The van der Waals surface area contributed by atoms with Crippen LogP contribution in [0.5, 0.6) is 11.5 Å². The molecule has 1 N–H and O–H groups in total. The van der Waals surface area contributed by atoms with E-state index in [1.807, 2.05) is 39.0 Å². The molecule has 0 bridgehead atoms. The minimum atomic E-state index is -0.580. The smallest absolute Gasteiger partial charge is 0.265 e. The van der Waals surface area contributed by atoms with Gasteiger partial charge < -0.3 is 14.8 Å². The van der Waals surface area contributed by atoms with Crippen LogP contribution < -0.4 is 14.8 Å². The Hall–Kier alpha value is -1.71. The van der Waals surface area contributed by atoms with E-state index in [2.05, 4.69) is 5.32 Å². The van der Waals surface area contributed by atoms with Crippen molar-refractivity contribution in [3.63, 3.8) is 0 Å². The molecule has 0 aliphatic carbocycles. The number of hydrogen-bond donors (Lipinski definition) is 1. The molecule has 0 aromatic heterocycles. The van der Waals surface area contributed by atoms with Gasteiger partial charge in [0.05, 0.1) is 0 Å². The summed E-state index contributed by atoms with van der Waals surface area (Å²) in [6.07, 6.45) is -0.580. The number of para-hydroxylation sites is 2. The highest BCUT2D eigenvalue weighted by molar-refractivity contribution is 5.82. The minimum Gasteiger partial charge on any atom is -0.485 e. The number of ether oxygens (including phenoxy) is 2. The Morgan fingerprint density at radius 2 is 1.94 bits per heavy atom. The molecule has 1 amide bonds. The molecule has 1 atom stereocenters. The summed E-state index contributed by atoms with van der Waals surface area (Å²) in [6.45, 7) is 6.05. The molecular weight excluding hydrogens is 218 g/mol. The Labute approximate surface area is 101 Å². The van der Waals surface area contributed by atoms with Crippen molar-refractivity contribution in [1.29, 1.82) is 0 Å². The predicted octanol–water partition coefficient (Wildman–Crippen LogP) is 1.74. The number of nitrogens with one attached hydrogen (secondary N) is 1. The maximum absolute atomic E-state index is 11.9. The van der Waals surface area contributed by atoms with Gasteiger partial charge in [0, 0.05) is 5.54 Å². The SMILES string of the molecule is CC(C)(C)NC(=O)[C@@H]1COc2ccccc2O1. The number of amides is 1. The first-order valence-corrected chi connectivity index (χ1v) is 5.66. The Morgan fingerprint density at radius 3 is 2.59 bits per heavy atom. The maximum Gasteiger partial charge on any atom is 0.265 e. The molecule has 1 aliphatic rings. The molecule has 0 spiro atoms. The first-order valence-electron chi connectivity index (χ1n) is 5.66. The molecule has 4 nitrogen and oxygen atoms in total. The highest BCUT2D eigenvalue weighted by Gasteiger charge is 2.29. The van der Waals surface area contributed by atoms with Gasteiger partial charge in [-0.25, -0.2) is 0 Å². The van der Waals surface area contributed by atoms with Crippen LogP contribution in [0, 0.1) is 0 Å². The third-order valence-corrected chi connectivity index (χ3v) is 2.30. The number of hydrogen-bond acceptors (Lipinski definition) is 3. The van der Waals surface area contributed by atoms with Gasteiger partial charge in [0.15, 0.2) is 11.5 Å². The zero-order chi connectivity index (χ0) is 12.5. The Bertz CT molecular complexity index is 423. The molecule has 0 fully saturated rings. The van der Waals surface area contributed by atoms with E-state index in [0.717, 1.165) is 0 Å². The number of rotatable bonds is 1. The summed E-state index contributed by atoms with van der Waals surface area (Å²) in [6, 6.07) is 7.35. The summed E-state index contributed by atoms with van der Waals surface area (Å²) in [4.78, 5) is 11.9. The predicted molar refractivity (Wildman–Crippen MR) is 64.2 cm³/mol. The molecule has 2 rings (SSSR count). The molecule has 0 radical (unpaired) electrons. The van der Waals surface area contributed by atoms with Gasteiger partial charge in [-0.15, -0.1) is 0 Å². The average Bonchev–Trinajstić information content (AvgIpc) is 2.26. The van der Waals surface area contributed by atoms with Gasteiger partial charge in [0.1, 0.15) is 6.61 Å². The Balaban J connectivity index is 2.05. The normalized spacial score (nSPS) is 18.6. The summed E-state index contributed by atoms with van der Waals surface area (Å²) < 4.78 is 11.1. The van der Waals surface area contributed by atoms with Crippen LogP contribution in [0.4, 0.5) is 0 Å². The van der Waals surface area contributed by atoms with Crippen molar-refractivity contribution in [2.75, 3.05) is 6.61 Å². The topological polar surface area (TPSA) is 47.6 Å². The van der Waals surface area contributed by atoms with E-state index < -0.39 is 6.10 Å². The van der Waals surface area contributed by atoms with Gasteiger partial charge in [0.2, 0.25) is 6.10 Å². The van der Waals surface area contributed by atoms with Crippen molar-refractivity contribution in [3.8, 4) is 11.5 Å². The van der Waals surface area contributed by atoms with Crippen molar-refractivity contribution in [2.45, 2.75) is 32.4 Å². The fourth-order valence-corrected chi connectivity index (χ4v) is 1.60. The van der Waals surface area contributed by atoms with Crippen LogP contribution in [-0.4, -0.2) is 24.2 Å². The van der Waals surface area contributed by atoms with Crippen LogP contribution in [0.25, 0.3) is 0 Å². The fraction of sp³-hybridized carbons (Fsp3) is 0.462. The lowest BCUT2D eigenvalue weighted by molar-refractivity contribution is -0.131. The molecule has 4 heteroatoms. The third kappa shape index (κ3) is 2.90. The van der Waals surface area contributed by atoms with Gasteiger partial charge in [-0.05, 0) is 32.9 Å². The monoisotopic (exact) mass is 235 g/mol. The van der Waals surface area contributed by atoms with Crippen molar-refractivity contribution >= 4 is 5.91 Å². The number of carbonyl (C=O) groups excluding carboxylic acids is 1. The molecule has 17 heavy (non-hydrogen) atoms. The molecule has 0 unspecified atom stereocenters. The zero-order valence-electron chi connectivity index (χ0n) is 10.3. The Morgan fingerprint density at radius 1 is 1.29 bits per heavy atom. The van der Waals surface area contributed by atoms with E-state index in [-0.39, 0.29) is 18.1 Å². The molecule has 92 valence electrons. The first kappa shape index (κ1) is 11.8. The second-order valence-corrected chi connectivity index (χ2v) is 5.10. The van der Waals surface area contributed by atoms with E-state index >= 15 is 0 Å². The van der Waals surface area contributed by atoms with Gasteiger partial charge in [-0.3, -0.25) is 4.79 Å². The van der Waals surface area contributed by atoms with Crippen molar-refractivity contribution < 1.29 is 14.3 Å². The summed E-state index contributed by atoms with van der Waals surface area (Å²) in [5.41, 5.74) is -0.266. The minimum absolute atomic E-state index is 0.146. The summed E-state index contributed by atoms with van der Waals surface area (Å²) >= 11 is 0. The van der Waals surface area contributed by atoms with Crippen LogP contribution in [0.1, 0.15) is 20.8 Å². The van der Waals surface area contributed by atoms with Gasteiger partial charge >= 0.3 is 0 Å². The molecule has 0 saturated carbocycles. The molecule has 1 aliphatic heterocycles. The third-order valence-electron chi connectivity index (χ3n) is 2.30. The van der Waals surface area contributed by atoms with E-state index in [1.54, 1.807) is 6.07 Å². The lowest BCUT2D eigenvalue weighted by atomic mass is 10.1. The standard InChI is InChI=1S/C13H17NO3/c1-13(2,3)14-12(15)11-8-16-9-6-4-5-7-10(9)17-11/h4-7,11H,8H2,1-3H3,(H,14,15)/t11-/m0/s1. The van der Waals surface area contributed by atoms with Crippen molar-refractivity contribution in [2.24, 2.45) is 0 Å². The number of benzene rings is 1. The molecule has 0 saturated heterocycles. The molecular formula is C13H17NO3. The number of carbonyl (C=O) groups is 1. The molecule has 1 aromatic carbocycles. The van der Waals surface area contributed by atoms with Gasteiger partial charge in [-0.2, -0.15) is 0 Å². The second kappa shape index (κ2) is 4.28. The summed E-state index contributed by atoms with van der Waals surface area (Å²) in [5, 5.41) is 2.88. The number of fused-ring (bicyclic) bond motifs is 1. The first-order chi connectivity index (χ1) is 7.96. The largest absolute Gasteiger partial charge is 0.485 e. The molecule has 1 heterocycles. The summed E-state index contributed by atoms with van der Waals surface area (Å²) in [7, 11) is 0. The highest BCUT2D eigenvalue weighted by atomic mass is 16.6. The lowest BCUT2D eigenvalue weighted by Gasteiger charge is -2.28. The van der Waals surface area contributed by atoms with Crippen molar-refractivity contribution in [3.05, 3.63) is 24.3 Å². The molecule has 1 aromatic rings. The average molecular weight is 235 g/mol. The summed E-state index contributed by atoms with van der Waals surface area (Å²) in [5.74, 6) is 1.16. The van der Waals surface area contributed by atoms with Crippen LogP contribution in [-0.2, 0) is 4.79 Å². The van der Waals surface area contributed by atoms with Gasteiger partial charge in [0.25, 0.3) is 5.91 Å². The van der Waals surface area contributed by atoms with E-state index in [0.29, 0.717) is 11.5 Å². The highest BCUT2D eigenvalue weighted by Crippen LogP contribution is 2.30. The van der Waals surface area contributed by atoms with E-state index in [1.165, 1.54) is 0 Å². The maximum atomic E-state index is 11.9. The van der Waals surface area contributed by atoms with Crippen LogP contribution >= 0.6 is 0 Å². The van der Waals surface area contributed by atoms with Gasteiger partial charge in [-0.1, -0.05) is 12.1 Å². The zero-order valence-corrected chi connectivity index (χ0v) is 10.3. The van der Waals surface area contributed by atoms with Crippen LogP contribution in [0.2, 0.25) is 0 Å². The lowest BCUT2D eigenvalue weighted by Crippen LogP contribution is -2.50. The van der Waals surface area contributed by atoms with Crippen LogP contribution in [0.15, 0.2) is 24.3 Å². The fourth-order valence-electron chi connectivity index (χ4n) is 1.60. The van der Waals surface area contributed by atoms with Crippen LogP contribution in [0.3, 0.4) is 0 Å². The Kier molecular flexibility index (Phi) is 2.96. The van der Waals surface area contributed by atoms with Crippen molar-refractivity contribution in [1.82, 2.24) is 5.32 Å². The quantitative estimate of drug-likeness (QED) is 0.806. The second-order valence-electron chi connectivity index (χ2n) is 5.10. The van der Waals surface area contributed by atoms with E-state index in [9.17, 15) is 4.79 Å². The van der Waals surface area contributed by atoms with E-state index in [4.69, 9.17) is 9.47 Å².